The van der Waals surface area contributed by atoms with E-state index in [-0.39, 0.29) is 4.90 Å². The van der Waals surface area contributed by atoms with Crippen LogP contribution in [0.4, 0.5) is 5.69 Å². The van der Waals surface area contributed by atoms with Crippen LogP contribution >= 0.6 is 0 Å². The number of hydrogen-bond donors (Lipinski definition) is 0. The van der Waals surface area contributed by atoms with Crippen LogP contribution < -0.4 is 13.8 Å². The van der Waals surface area contributed by atoms with Crippen LogP contribution in [0.2, 0.25) is 0 Å². The van der Waals surface area contributed by atoms with Gasteiger partial charge in [0.05, 0.1) is 30.8 Å². The van der Waals surface area contributed by atoms with Crippen molar-refractivity contribution in [3.05, 3.63) is 83.9 Å². The van der Waals surface area contributed by atoms with Gasteiger partial charge in [0.15, 0.2) is 0 Å². The number of benzene rings is 3. The van der Waals surface area contributed by atoms with E-state index >= 15 is 0 Å². The van der Waals surface area contributed by atoms with Crippen molar-refractivity contribution in [3.63, 3.8) is 0 Å². The topological polar surface area (TPSA) is 55.8 Å². The number of anilines is 1. The van der Waals surface area contributed by atoms with Crippen LogP contribution in [-0.4, -0.2) is 22.6 Å². The van der Waals surface area contributed by atoms with E-state index in [1.54, 1.807) is 49.6 Å². The molecule has 3 aromatic rings. The van der Waals surface area contributed by atoms with Crippen molar-refractivity contribution in [1.29, 1.82) is 0 Å². The van der Waals surface area contributed by atoms with E-state index in [1.807, 2.05) is 38.1 Å². The highest BCUT2D eigenvalue weighted by atomic mass is 32.2. The molecule has 0 heterocycles. The van der Waals surface area contributed by atoms with Crippen LogP contribution in [-0.2, 0) is 10.0 Å². The van der Waals surface area contributed by atoms with Gasteiger partial charge in [0.2, 0.25) is 0 Å². The van der Waals surface area contributed by atoms with E-state index in [2.05, 4.69) is 0 Å². The Morgan fingerprint density at radius 1 is 0.828 bits per heavy atom. The maximum Gasteiger partial charge on any atom is 0.265 e. The lowest BCUT2D eigenvalue weighted by Gasteiger charge is -2.31. The van der Waals surface area contributed by atoms with Crippen molar-refractivity contribution >= 4 is 15.7 Å². The summed E-state index contributed by atoms with van der Waals surface area (Å²) in [7, 11) is -0.759. The van der Waals surface area contributed by atoms with E-state index in [0.717, 1.165) is 11.1 Å². The summed E-state index contributed by atoms with van der Waals surface area (Å²) in [4.78, 5) is 0.173. The molecule has 0 saturated heterocycles. The minimum atomic E-state index is -3.85. The zero-order valence-electron chi connectivity index (χ0n) is 17.0. The molecule has 0 aliphatic heterocycles. The fraction of sp³-hybridized carbons (Fsp3) is 0.217. The normalized spacial score (nSPS) is 12.3. The van der Waals surface area contributed by atoms with Crippen molar-refractivity contribution in [3.8, 4) is 11.5 Å². The first-order valence-corrected chi connectivity index (χ1v) is 10.7. The molecule has 0 aromatic heterocycles. The van der Waals surface area contributed by atoms with E-state index in [0.29, 0.717) is 17.2 Å². The van der Waals surface area contributed by atoms with Crippen LogP contribution in [0.15, 0.2) is 77.7 Å². The first-order chi connectivity index (χ1) is 13.9. The Morgan fingerprint density at radius 3 is 2.10 bits per heavy atom. The molecule has 5 nitrogen and oxygen atoms in total. The number of aryl methyl sites for hydroxylation is 1. The van der Waals surface area contributed by atoms with Gasteiger partial charge in [0.25, 0.3) is 10.0 Å². The molecular weight excluding hydrogens is 386 g/mol. The van der Waals surface area contributed by atoms with Gasteiger partial charge in [-0.15, -0.1) is 0 Å². The molecule has 3 aromatic carbocycles. The first-order valence-electron chi connectivity index (χ1n) is 9.26. The maximum absolute atomic E-state index is 13.7. The Labute approximate surface area is 172 Å². The van der Waals surface area contributed by atoms with Gasteiger partial charge in [0, 0.05) is 6.07 Å². The molecule has 0 aliphatic carbocycles. The lowest BCUT2D eigenvalue weighted by molar-refractivity contribution is 0.413. The third-order valence-electron chi connectivity index (χ3n) is 4.80. The van der Waals surface area contributed by atoms with Gasteiger partial charge in [-0.3, -0.25) is 4.31 Å². The highest BCUT2D eigenvalue weighted by Crippen LogP contribution is 2.35. The molecule has 1 unspecified atom stereocenters. The SMILES string of the molecule is COc1ccc(N(C(C)c2cccc(C)c2)S(=O)(=O)c2cccc(OC)c2)cc1. The van der Waals surface area contributed by atoms with Crippen LogP contribution in [0.1, 0.15) is 24.1 Å². The third-order valence-corrected chi connectivity index (χ3v) is 6.70. The van der Waals surface area contributed by atoms with Crippen LogP contribution in [0.25, 0.3) is 0 Å². The molecule has 0 saturated carbocycles. The van der Waals surface area contributed by atoms with Gasteiger partial charge in [-0.1, -0.05) is 35.9 Å². The number of rotatable bonds is 7. The van der Waals surface area contributed by atoms with E-state index in [4.69, 9.17) is 9.47 Å². The van der Waals surface area contributed by atoms with Crippen molar-refractivity contribution in [1.82, 2.24) is 0 Å². The standard InChI is InChI=1S/C23H25NO4S/c1-17-7-5-8-19(15-17)18(2)24(20-11-13-21(27-3)14-12-20)29(25,26)23-10-6-9-22(16-23)28-4/h5-16,18H,1-4H3. The summed E-state index contributed by atoms with van der Waals surface area (Å²) in [5.74, 6) is 1.15. The van der Waals surface area contributed by atoms with Crippen LogP contribution in [0.5, 0.6) is 11.5 Å². The highest BCUT2D eigenvalue weighted by Gasteiger charge is 2.31. The number of methoxy groups -OCH3 is 2. The van der Waals surface area contributed by atoms with Crippen molar-refractivity contribution in [2.24, 2.45) is 0 Å². The summed E-state index contributed by atoms with van der Waals surface area (Å²) in [6, 6.07) is 21.0. The number of sulfonamides is 1. The second kappa shape index (κ2) is 8.57. The molecule has 0 aliphatic rings. The largest absolute Gasteiger partial charge is 0.497 e. The Morgan fingerprint density at radius 2 is 1.48 bits per heavy atom. The van der Waals surface area contributed by atoms with Gasteiger partial charge in [0.1, 0.15) is 11.5 Å². The van der Waals surface area contributed by atoms with Crippen LogP contribution in [0, 0.1) is 6.92 Å². The lowest BCUT2D eigenvalue weighted by Crippen LogP contribution is -2.33. The molecule has 152 valence electrons. The van der Waals surface area contributed by atoms with E-state index in [9.17, 15) is 8.42 Å². The van der Waals surface area contributed by atoms with E-state index in [1.165, 1.54) is 17.5 Å². The van der Waals surface area contributed by atoms with Crippen molar-refractivity contribution in [2.75, 3.05) is 18.5 Å². The molecule has 0 amide bonds. The average molecular weight is 412 g/mol. The maximum atomic E-state index is 13.7. The summed E-state index contributed by atoms with van der Waals surface area (Å²) < 4.78 is 39.3. The minimum Gasteiger partial charge on any atom is -0.497 e. The zero-order chi connectivity index (χ0) is 21.0. The summed E-state index contributed by atoms with van der Waals surface area (Å²) >= 11 is 0. The fourth-order valence-electron chi connectivity index (χ4n) is 3.24. The zero-order valence-corrected chi connectivity index (χ0v) is 17.8. The quantitative estimate of drug-likeness (QED) is 0.551. The molecule has 0 bridgehead atoms. The predicted octanol–water partition coefficient (Wildman–Crippen LogP) is 4.97. The third kappa shape index (κ3) is 4.38. The molecule has 3 rings (SSSR count). The number of nitrogens with zero attached hydrogens (tertiary/aromatic N) is 1. The van der Waals surface area contributed by atoms with Gasteiger partial charge in [-0.05, 0) is 55.8 Å². The molecule has 6 heteroatoms. The first kappa shape index (κ1) is 20.7. The fourth-order valence-corrected chi connectivity index (χ4v) is 4.92. The smallest absolute Gasteiger partial charge is 0.265 e. The molecular formula is C23H25NO4S. The predicted molar refractivity (Wildman–Crippen MR) is 115 cm³/mol. The Kier molecular flexibility index (Phi) is 6.13. The van der Waals surface area contributed by atoms with Gasteiger partial charge in [-0.25, -0.2) is 8.42 Å². The summed E-state index contributed by atoms with van der Waals surface area (Å²) in [6.07, 6.45) is 0. The summed E-state index contributed by atoms with van der Waals surface area (Å²) in [5, 5.41) is 0. The Hall–Kier alpha value is -2.99. The summed E-state index contributed by atoms with van der Waals surface area (Å²) in [6.45, 7) is 3.88. The molecule has 0 N–H and O–H groups in total. The highest BCUT2D eigenvalue weighted by molar-refractivity contribution is 7.92. The molecule has 0 radical (unpaired) electrons. The Bertz CT molecular complexity index is 1080. The minimum absolute atomic E-state index is 0.173. The van der Waals surface area contributed by atoms with Gasteiger partial charge < -0.3 is 9.47 Å². The van der Waals surface area contributed by atoms with E-state index < -0.39 is 16.1 Å². The Balaban J connectivity index is 2.15. The van der Waals surface area contributed by atoms with Gasteiger partial charge in [-0.2, -0.15) is 0 Å². The summed E-state index contributed by atoms with van der Waals surface area (Å²) in [5.41, 5.74) is 2.54. The number of ether oxygens (including phenoxy) is 2. The second-order valence-corrected chi connectivity index (χ2v) is 8.58. The van der Waals surface area contributed by atoms with Gasteiger partial charge >= 0.3 is 0 Å². The molecule has 0 fully saturated rings. The lowest BCUT2D eigenvalue weighted by atomic mass is 10.1. The molecule has 1 atom stereocenters. The average Bonchev–Trinajstić information content (AvgIpc) is 2.74. The van der Waals surface area contributed by atoms with Crippen molar-refractivity contribution < 1.29 is 17.9 Å². The number of hydrogen-bond acceptors (Lipinski definition) is 4. The molecule has 29 heavy (non-hydrogen) atoms. The monoisotopic (exact) mass is 411 g/mol. The van der Waals surface area contributed by atoms with Crippen molar-refractivity contribution in [2.45, 2.75) is 24.8 Å². The second-order valence-electron chi connectivity index (χ2n) is 6.77. The van der Waals surface area contributed by atoms with Crippen LogP contribution in [0.3, 0.4) is 0 Å². The molecule has 0 spiro atoms.